The van der Waals surface area contributed by atoms with Crippen molar-refractivity contribution in [3.63, 3.8) is 0 Å². The van der Waals surface area contributed by atoms with Crippen molar-refractivity contribution in [2.45, 2.75) is 24.0 Å². The van der Waals surface area contributed by atoms with E-state index >= 15 is 0 Å². The van der Waals surface area contributed by atoms with Gasteiger partial charge in [0, 0.05) is 0 Å². The minimum Gasteiger partial charge on any atom is -0.391 e. The summed E-state index contributed by atoms with van der Waals surface area (Å²) in [5, 5.41) is 47.1. The maximum Gasteiger partial charge on any atom is 0.218 e. The lowest BCUT2D eigenvalue weighted by atomic mass is 9.98. The van der Waals surface area contributed by atoms with E-state index in [-0.39, 0.29) is 0 Å². The van der Waals surface area contributed by atoms with Gasteiger partial charge in [-0.3, -0.25) is 0 Å². The molecule has 0 aliphatic carbocycles. The standard InChI is InChI=1S/C6H12O6/c7-2-6(11)5(10)4(9)3(8)1-12-6/h3-5,7-11H,1-2H2/t3-,4-,5+,6?/m1/s1/i1D2,2D2,3D,4D,5D. The molecule has 1 heterocycles. The summed E-state index contributed by atoms with van der Waals surface area (Å²) in [6.45, 7) is -7.79. The predicted octanol–water partition coefficient (Wildman–Crippen LogP) is -3.22. The van der Waals surface area contributed by atoms with Crippen molar-refractivity contribution in [2.75, 3.05) is 13.1 Å². The Morgan fingerprint density at radius 3 is 2.75 bits per heavy atom. The molecular formula is C6H12O6. The van der Waals surface area contributed by atoms with E-state index in [9.17, 15) is 20.4 Å². The van der Waals surface area contributed by atoms with E-state index < -0.39 is 37.1 Å². The third-order valence-corrected chi connectivity index (χ3v) is 1.22. The molecule has 0 amide bonds. The lowest BCUT2D eigenvalue weighted by molar-refractivity contribution is -0.331. The third kappa shape index (κ3) is 1.45. The zero-order chi connectivity index (χ0) is 15.7. The zero-order valence-electron chi connectivity index (χ0n) is 12.6. The fraction of sp³-hybridized carbons (Fsp3) is 1.00. The van der Waals surface area contributed by atoms with Crippen molar-refractivity contribution in [2.24, 2.45) is 0 Å². The molecule has 1 unspecified atom stereocenters. The molecule has 0 bridgehead atoms. The van der Waals surface area contributed by atoms with Gasteiger partial charge in [-0.25, -0.2) is 0 Å². The highest BCUT2D eigenvalue weighted by molar-refractivity contribution is 4.90. The molecule has 1 fully saturated rings. The molecule has 6 heteroatoms. The molecule has 0 aromatic carbocycles. The van der Waals surface area contributed by atoms with Crippen LogP contribution in [0, 0.1) is 0 Å². The average Bonchev–Trinajstić information content (AvgIpc) is 2.12. The molecule has 1 saturated heterocycles. The highest BCUT2D eigenvalue weighted by Gasteiger charge is 2.47. The first kappa shape index (κ1) is 3.87. The van der Waals surface area contributed by atoms with Gasteiger partial charge in [-0.2, -0.15) is 0 Å². The van der Waals surface area contributed by atoms with Crippen LogP contribution in [0.4, 0.5) is 0 Å². The smallest absolute Gasteiger partial charge is 0.218 e. The van der Waals surface area contributed by atoms with Gasteiger partial charge in [0.15, 0.2) is 0 Å². The van der Waals surface area contributed by atoms with E-state index in [0.29, 0.717) is 0 Å². The van der Waals surface area contributed by atoms with E-state index in [1.54, 1.807) is 0 Å². The molecule has 0 aromatic rings. The first-order valence-corrected chi connectivity index (χ1v) is 2.78. The van der Waals surface area contributed by atoms with Crippen molar-refractivity contribution >= 4 is 0 Å². The van der Waals surface area contributed by atoms with Crippen LogP contribution < -0.4 is 0 Å². The molecule has 5 N–H and O–H groups in total. The summed E-state index contributed by atoms with van der Waals surface area (Å²) in [5.74, 6) is -4.15. The highest BCUT2D eigenvalue weighted by Crippen LogP contribution is 2.22. The highest BCUT2D eigenvalue weighted by atomic mass is 16.7. The topological polar surface area (TPSA) is 110 Å². The summed E-state index contributed by atoms with van der Waals surface area (Å²) in [6, 6.07) is 0. The van der Waals surface area contributed by atoms with Gasteiger partial charge in [0.2, 0.25) is 5.79 Å². The van der Waals surface area contributed by atoms with Crippen molar-refractivity contribution in [1.29, 1.82) is 0 Å². The van der Waals surface area contributed by atoms with Crippen molar-refractivity contribution in [1.82, 2.24) is 0 Å². The van der Waals surface area contributed by atoms with Gasteiger partial charge in [-0.05, 0) is 0 Å². The Kier molecular flexibility index (Phi) is 1.05. The number of hydrogen-bond acceptors (Lipinski definition) is 6. The van der Waals surface area contributed by atoms with Crippen LogP contribution in [-0.2, 0) is 4.74 Å². The molecule has 0 radical (unpaired) electrons. The maximum atomic E-state index is 9.64. The molecule has 72 valence electrons. The van der Waals surface area contributed by atoms with Crippen LogP contribution in [0.15, 0.2) is 0 Å². The fourth-order valence-electron chi connectivity index (χ4n) is 0.567. The van der Waals surface area contributed by atoms with Crippen molar-refractivity contribution < 1.29 is 39.9 Å². The lowest BCUT2D eigenvalue weighted by Gasteiger charge is -2.40. The summed E-state index contributed by atoms with van der Waals surface area (Å²) in [7, 11) is 0. The molecule has 0 aromatic heterocycles. The molecule has 0 spiro atoms. The van der Waals surface area contributed by atoms with Gasteiger partial charge < -0.3 is 30.3 Å². The summed E-state index contributed by atoms with van der Waals surface area (Å²) < 4.78 is 53.1. The molecular weight excluding hydrogens is 168 g/mol. The fourth-order valence-corrected chi connectivity index (χ4v) is 0.567. The molecule has 1 aliphatic heterocycles. The quantitative estimate of drug-likeness (QED) is 0.295. The SMILES string of the molecule is [2H]C([2H])(O)C1(O)OC([2H])([2H])[C@@]([2H])(O)[C@@]([2H])(O)[C@]1([2H])O. The second-order valence-corrected chi connectivity index (χ2v) is 2.01. The van der Waals surface area contributed by atoms with Gasteiger partial charge in [0.05, 0.1) is 22.7 Å². The summed E-state index contributed by atoms with van der Waals surface area (Å²) >= 11 is 0. The van der Waals surface area contributed by atoms with Crippen LogP contribution >= 0.6 is 0 Å². The van der Waals surface area contributed by atoms with E-state index in [0.717, 1.165) is 0 Å². The molecule has 12 heavy (non-hydrogen) atoms. The number of hydrogen-bond donors (Lipinski definition) is 5. The monoisotopic (exact) mass is 187 g/mol. The number of rotatable bonds is 1. The van der Waals surface area contributed by atoms with E-state index in [2.05, 4.69) is 4.74 Å². The second kappa shape index (κ2) is 3.25. The van der Waals surface area contributed by atoms with Gasteiger partial charge in [-0.15, -0.1) is 0 Å². The zero-order valence-corrected chi connectivity index (χ0v) is 5.64. The van der Waals surface area contributed by atoms with Crippen LogP contribution in [-0.4, -0.2) is 62.7 Å². The molecule has 1 aliphatic rings. The van der Waals surface area contributed by atoms with Gasteiger partial charge in [0.1, 0.15) is 18.2 Å². The number of aliphatic hydroxyl groups is 5. The van der Waals surface area contributed by atoms with Crippen LogP contribution in [0.5, 0.6) is 0 Å². The Morgan fingerprint density at radius 1 is 1.67 bits per heavy atom. The summed E-state index contributed by atoms with van der Waals surface area (Å²) in [5.41, 5.74) is 0. The maximum absolute atomic E-state index is 9.64. The Hall–Kier alpha value is -0.240. The van der Waals surface area contributed by atoms with Crippen LogP contribution in [0.25, 0.3) is 0 Å². The lowest BCUT2D eigenvalue weighted by Crippen LogP contribution is -2.62. The van der Waals surface area contributed by atoms with E-state index in [1.807, 2.05) is 0 Å². The van der Waals surface area contributed by atoms with Gasteiger partial charge >= 0.3 is 0 Å². The molecule has 4 atom stereocenters. The number of ether oxygens (including phenoxy) is 1. The van der Waals surface area contributed by atoms with Crippen LogP contribution in [0.1, 0.15) is 9.60 Å². The third-order valence-electron chi connectivity index (χ3n) is 1.22. The first-order chi connectivity index (χ1) is 7.96. The van der Waals surface area contributed by atoms with Gasteiger partial charge in [0.25, 0.3) is 0 Å². The predicted molar refractivity (Wildman–Crippen MR) is 36.0 cm³/mol. The Bertz CT molecular complexity index is 390. The van der Waals surface area contributed by atoms with Crippen LogP contribution in [0.3, 0.4) is 0 Å². The Balaban J connectivity index is 3.60. The van der Waals surface area contributed by atoms with E-state index in [1.165, 1.54) is 0 Å². The summed E-state index contributed by atoms with van der Waals surface area (Å²) in [6.07, 6.45) is -12.3. The first-order valence-electron chi connectivity index (χ1n) is 6.28. The molecule has 6 nitrogen and oxygen atoms in total. The molecule has 0 saturated carbocycles. The van der Waals surface area contributed by atoms with Gasteiger partial charge in [-0.1, -0.05) is 0 Å². The minimum atomic E-state index is -4.19. The molecule has 1 rings (SSSR count). The average molecular weight is 187 g/mol. The van der Waals surface area contributed by atoms with Crippen molar-refractivity contribution in [3.8, 4) is 0 Å². The Labute approximate surface area is 78.5 Å². The van der Waals surface area contributed by atoms with Crippen molar-refractivity contribution in [3.05, 3.63) is 0 Å². The summed E-state index contributed by atoms with van der Waals surface area (Å²) in [4.78, 5) is 0. The van der Waals surface area contributed by atoms with Crippen LogP contribution in [0.2, 0.25) is 0 Å². The minimum absolute atomic E-state index is 3.79. The largest absolute Gasteiger partial charge is 0.391 e. The second-order valence-electron chi connectivity index (χ2n) is 2.01. The Morgan fingerprint density at radius 2 is 2.25 bits per heavy atom. The normalized spacial score (nSPS) is 81.6. The van der Waals surface area contributed by atoms with E-state index in [4.69, 9.17) is 14.7 Å².